The lowest BCUT2D eigenvalue weighted by Gasteiger charge is -2.01. The average molecular weight is 308 g/mol. The van der Waals surface area contributed by atoms with Gasteiger partial charge in [0.2, 0.25) is 0 Å². The summed E-state index contributed by atoms with van der Waals surface area (Å²) < 4.78 is 5.77. The number of rotatable bonds is 2. The standard InChI is InChI=1S/C17H12N2O2S/c1-10-9-22-17(18-10)19-16(20)11-6-7-15-13(8-11)12-4-2-3-5-14(12)21-15/h2-9H,1H3,(H,18,19,20). The molecule has 4 nitrogen and oxygen atoms in total. The molecule has 5 heteroatoms. The van der Waals surface area contributed by atoms with E-state index in [9.17, 15) is 4.79 Å². The number of para-hydroxylation sites is 1. The Kier molecular flexibility index (Phi) is 2.94. The van der Waals surface area contributed by atoms with Crippen LogP contribution in [-0.4, -0.2) is 10.9 Å². The Labute approximate surface area is 130 Å². The second-order valence-electron chi connectivity index (χ2n) is 5.06. The van der Waals surface area contributed by atoms with E-state index in [1.54, 1.807) is 6.07 Å². The molecule has 0 saturated carbocycles. The van der Waals surface area contributed by atoms with Gasteiger partial charge in [-0.3, -0.25) is 10.1 Å². The summed E-state index contributed by atoms with van der Waals surface area (Å²) in [6, 6.07) is 13.3. The van der Waals surface area contributed by atoms with E-state index in [-0.39, 0.29) is 5.91 Å². The Bertz CT molecular complexity index is 1000. The van der Waals surface area contributed by atoms with E-state index in [0.717, 1.165) is 27.6 Å². The van der Waals surface area contributed by atoms with Crippen LogP contribution in [0, 0.1) is 6.92 Å². The van der Waals surface area contributed by atoms with Crippen molar-refractivity contribution in [1.29, 1.82) is 0 Å². The summed E-state index contributed by atoms with van der Waals surface area (Å²) in [7, 11) is 0. The number of nitrogens with zero attached hydrogens (tertiary/aromatic N) is 1. The Balaban J connectivity index is 1.75. The highest BCUT2D eigenvalue weighted by molar-refractivity contribution is 7.13. The van der Waals surface area contributed by atoms with Gasteiger partial charge in [-0.1, -0.05) is 18.2 Å². The van der Waals surface area contributed by atoms with Crippen LogP contribution in [0.3, 0.4) is 0 Å². The second kappa shape index (κ2) is 4.96. The maximum absolute atomic E-state index is 12.3. The van der Waals surface area contributed by atoms with Crippen molar-refractivity contribution in [3.8, 4) is 0 Å². The summed E-state index contributed by atoms with van der Waals surface area (Å²) >= 11 is 1.42. The van der Waals surface area contributed by atoms with Crippen molar-refractivity contribution in [3.63, 3.8) is 0 Å². The Hall–Kier alpha value is -2.66. The molecule has 2 aromatic heterocycles. The molecule has 0 saturated heterocycles. The maximum atomic E-state index is 12.3. The van der Waals surface area contributed by atoms with Gasteiger partial charge in [0.05, 0.1) is 5.69 Å². The van der Waals surface area contributed by atoms with E-state index in [1.165, 1.54) is 11.3 Å². The number of aryl methyl sites for hydroxylation is 1. The van der Waals surface area contributed by atoms with E-state index in [2.05, 4.69) is 10.3 Å². The van der Waals surface area contributed by atoms with Crippen molar-refractivity contribution in [2.45, 2.75) is 6.92 Å². The van der Waals surface area contributed by atoms with Crippen molar-refractivity contribution >= 4 is 44.3 Å². The molecule has 4 rings (SSSR count). The molecular formula is C17H12N2O2S. The summed E-state index contributed by atoms with van der Waals surface area (Å²) in [5, 5.41) is 7.29. The van der Waals surface area contributed by atoms with Crippen LogP contribution in [-0.2, 0) is 0 Å². The number of fused-ring (bicyclic) bond motifs is 3. The minimum atomic E-state index is -0.165. The van der Waals surface area contributed by atoms with Gasteiger partial charge in [0.15, 0.2) is 5.13 Å². The van der Waals surface area contributed by atoms with Crippen molar-refractivity contribution < 1.29 is 9.21 Å². The van der Waals surface area contributed by atoms with Crippen LogP contribution >= 0.6 is 11.3 Å². The predicted octanol–water partition coefficient (Wildman–Crippen LogP) is 4.60. The molecule has 2 heterocycles. The molecule has 0 unspecified atom stereocenters. The molecule has 0 aliphatic carbocycles. The van der Waals surface area contributed by atoms with Gasteiger partial charge in [-0.2, -0.15) is 0 Å². The fraction of sp³-hybridized carbons (Fsp3) is 0.0588. The maximum Gasteiger partial charge on any atom is 0.257 e. The summed E-state index contributed by atoms with van der Waals surface area (Å²) in [4.78, 5) is 16.6. The number of anilines is 1. The van der Waals surface area contributed by atoms with Crippen LogP contribution in [0.2, 0.25) is 0 Å². The lowest BCUT2D eigenvalue weighted by Crippen LogP contribution is -2.11. The molecule has 1 amide bonds. The highest BCUT2D eigenvalue weighted by Crippen LogP contribution is 2.29. The molecular weight excluding hydrogens is 296 g/mol. The number of carbonyl (C=O) groups is 1. The SMILES string of the molecule is Cc1csc(NC(=O)c2ccc3oc4ccccc4c3c2)n1. The minimum absolute atomic E-state index is 0.165. The number of carbonyl (C=O) groups excluding carboxylic acids is 1. The molecule has 108 valence electrons. The highest BCUT2D eigenvalue weighted by Gasteiger charge is 2.12. The van der Waals surface area contributed by atoms with Gasteiger partial charge in [-0.05, 0) is 31.2 Å². The molecule has 0 aliphatic rings. The number of nitrogens with one attached hydrogen (secondary N) is 1. The molecule has 0 radical (unpaired) electrons. The summed E-state index contributed by atoms with van der Waals surface area (Å²) in [5.74, 6) is -0.165. The van der Waals surface area contributed by atoms with Gasteiger partial charge in [0.25, 0.3) is 5.91 Å². The van der Waals surface area contributed by atoms with Crippen LogP contribution in [0.4, 0.5) is 5.13 Å². The smallest absolute Gasteiger partial charge is 0.257 e. The average Bonchev–Trinajstić information content (AvgIpc) is 3.10. The van der Waals surface area contributed by atoms with Gasteiger partial charge in [-0.15, -0.1) is 11.3 Å². The fourth-order valence-electron chi connectivity index (χ4n) is 2.45. The number of aromatic nitrogens is 1. The second-order valence-corrected chi connectivity index (χ2v) is 5.92. The van der Waals surface area contributed by atoms with Crippen LogP contribution < -0.4 is 5.32 Å². The number of benzene rings is 2. The van der Waals surface area contributed by atoms with E-state index >= 15 is 0 Å². The van der Waals surface area contributed by atoms with E-state index in [0.29, 0.717) is 10.7 Å². The molecule has 0 fully saturated rings. The van der Waals surface area contributed by atoms with Gasteiger partial charge in [-0.25, -0.2) is 4.98 Å². The molecule has 0 aliphatic heterocycles. The molecule has 0 spiro atoms. The van der Waals surface area contributed by atoms with E-state index in [4.69, 9.17) is 4.42 Å². The molecule has 0 bridgehead atoms. The number of hydrogen-bond donors (Lipinski definition) is 1. The zero-order chi connectivity index (χ0) is 15.1. The number of furan rings is 1. The third-order valence-electron chi connectivity index (χ3n) is 3.48. The normalized spacial score (nSPS) is 11.1. The third kappa shape index (κ3) is 2.16. The summed E-state index contributed by atoms with van der Waals surface area (Å²) in [6.45, 7) is 1.90. The fourth-order valence-corrected chi connectivity index (χ4v) is 3.13. The first kappa shape index (κ1) is 13.0. The van der Waals surface area contributed by atoms with Crippen LogP contribution in [0.25, 0.3) is 21.9 Å². The van der Waals surface area contributed by atoms with Crippen LogP contribution in [0.1, 0.15) is 16.1 Å². The zero-order valence-corrected chi connectivity index (χ0v) is 12.6. The monoisotopic (exact) mass is 308 g/mol. The number of thiazole rings is 1. The van der Waals surface area contributed by atoms with Crippen LogP contribution in [0.15, 0.2) is 52.3 Å². The molecule has 4 aromatic rings. The van der Waals surface area contributed by atoms with Crippen molar-refractivity contribution in [2.75, 3.05) is 5.32 Å². The van der Waals surface area contributed by atoms with E-state index in [1.807, 2.05) is 48.7 Å². The van der Waals surface area contributed by atoms with Gasteiger partial charge in [0.1, 0.15) is 11.2 Å². The zero-order valence-electron chi connectivity index (χ0n) is 11.8. The largest absolute Gasteiger partial charge is 0.456 e. The van der Waals surface area contributed by atoms with Crippen molar-refractivity contribution in [2.24, 2.45) is 0 Å². The molecule has 0 atom stereocenters. The lowest BCUT2D eigenvalue weighted by atomic mass is 10.1. The van der Waals surface area contributed by atoms with Crippen molar-refractivity contribution in [3.05, 3.63) is 59.1 Å². The van der Waals surface area contributed by atoms with Gasteiger partial charge < -0.3 is 4.42 Å². The van der Waals surface area contributed by atoms with Gasteiger partial charge in [0, 0.05) is 21.7 Å². The third-order valence-corrected chi connectivity index (χ3v) is 4.35. The number of hydrogen-bond acceptors (Lipinski definition) is 4. The highest BCUT2D eigenvalue weighted by atomic mass is 32.1. The number of amides is 1. The lowest BCUT2D eigenvalue weighted by molar-refractivity contribution is 0.102. The van der Waals surface area contributed by atoms with Crippen molar-refractivity contribution in [1.82, 2.24) is 4.98 Å². The van der Waals surface area contributed by atoms with Gasteiger partial charge >= 0.3 is 0 Å². The first-order valence-electron chi connectivity index (χ1n) is 6.85. The molecule has 2 aromatic carbocycles. The minimum Gasteiger partial charge on any atom is -0.456 e. The predicted molar refractivity (Wildman–Crippen MR) is 88.5 cm³/mol. The topological polar surface area (TPSA) is 55.1 Å². The quantitative estimate of drug-likeness (QED) is 0.588. The molecule has 1 N–H and O–H groups in total. The summed E-state index contributed by atoms with van der Waals surface area (Å²) in [5.41, 5.74) is 3.09. The first-order chi connectivity index (χ1) is 10.7. The Morgan fingerprint density at radius 3 is 2.77 bits per heavy atom. The van der Waals surface area contributed by atoms with Crippen LogP contribution in [0.5, 0.6) is 0 Å². The summed E-state index contributed by atoms with van der Waals surface area (Å²) in [6.07, 6.45) is 0. The van der Waals surface area contributed by atoms with E-state index < -0.39 is 0 Å². The Morgan fingerprint density at radius 2 is 1.95 bits per heavy atom. The molecule has 22 heavy (non-hydrogen) atoms. The first-order valence-corrected chi connectivity index (χ1v) is 7.73. The Morgan fingerprint density at radius 1 is 1.14 bits per heavy atom.